The molecule has 14 heavy (non-hydrogen) atoms. The molecule has 0 N–H and O–H groups in total. The van der Waals surface area contributed by atoms with E-state index in [1.807, 2.05) is 6.20 Å². The van der Waals surface area contributed by atoms with Crippen LogP contribution >= 0.6 is 0 Å². The van der Waals surface area contributed by atoms with Crippen LogP contribution in [0, 0.1) is 12.8 Å². The molecule has 0 saturated heterocycles. The van der Waals surface area contributed by atoms with Crippen LogP contribution in [-0.2, 0) is 6.54 Å². The lowest BCUT2D eigenvalue weighted by Gasteiger charge is -2.06. The van der Waals surface area contributed by atoms with E-state index < -0.39 is 0 Å². The van der Waals surface area contributed by atoms with Crippen molar-refractivity contribution in [1.29, 1.82) is 0 Å². The Hall–Kier alpha value is -1.31. The summed E-state index contributed by atoms with van der Waals surface area (Å²) in [4.78, 5) is 0. The van der Waals surface area contributed by atoms with Crippen LogP contribution in [0.25, 0.3) is 10.9 Å². The third-order valence-electron chi connectivity index (χ3n) is 2.34. The largest absolute Gasteiger partial charge is 0.265 e. The zero-order valence-corrected chi connectivity index (χ0v) is 8.99. The zero-order chi connectivity index (χ0) is 10.1. The number of aromatic nitrogens is 2. The van der Waals surface area contributed by atoms with Gasteiger partial charge in [0.25, 0.3) is 0 Å². The van der Waals surface area contributed by atoms with Crippen LogP contribution in [0.4, 0.5) is 0 Å². The Morgan fingerprint density at radius 1 is 1.36 bits per heavy atom. The predicted octanol–water partition coefficient (Wildman–Crippen LogP) is 3.00. The van der Waals surface area contributed by atoms with E-state index in [9.17, 15) is 0 Å². The van der Waals surface area contributed by atoms with Gasteiger partial charge in [0.2, 0.25) is 0 Å². The predicted molar refractivity (Wildman–Crippen MR) is 59.3 cm³/mol. The SMILES string of the molecule is Cc1ccc2c(cnn2CC(C)C)c1. The maximum atomic E-state index is 4.39. The van der Waals surface area contributed by atoms with Gasteiger partial charge in [-0.1, -0.05) is 25.5 Å². The van der Waals surface area contributed by atoms with Crippen molar-refractivity contribution < 1.29 is 0 Å². The van der Waals surface area contributed by atoms with Gasteiger partial charge in [0, 0.05) is 11.9 Å². The van der Waals surface area contributed by atoms with Crippen molar-refractivity contribution in [2.24, 2.45) is 5.92 Å². The average Bonchev–Trinajstić information content (AvgIpc) is 2.47. The number of hydrogen-bond acceptors (Lipinski definition) is 1. The highest BCUT2D eigenvalue weighted by Crippen LogP contribution is 2.16. The highest BCUT2D eigenvalue weighted by Gasteiger charge is 2.03. The van der Waals surface area contributed by atoms with Gasteiger partial charge in [-0.3, -0.25) is 4.68 Å². The first-order valence-electron chi connectivity index (χ1n) is 5.09. The Balaban J connectivity index is 2.47. The van der Waals surface area contributed by atoms with Gasteiger partial charge in [-0.25, -0.2) is 0 Å². The monoisotopic (exact) mass is 188 g/mol. The van der Waals surface area contributed by atoms with Crippen molar-refractivity contribution in [3.63, 3.8) is 0 Å². The molecule has 74 valence electrons. The minimum atomic E-state index is 0.638. The van der Waals surface area contributed by atoms with E-state index in [0.29, 0.717) is 5.92 Å². The van der Waals surface area contributed by atoms with Crippen LogP contribution in [0.5, 0.6) is 0 Å². The van der Waals surface area contributed by atoms with Crippen LogP contribution in [-0.4, -0.2) is 9.78 Å². The first-order valence-corrected chi connectivity index (χ1v) is 5.09. The lowest BCUT2D eigenvalue weighted by molar-refractivity contribution is 0.495. The zero-order valence-electron chi connectivity index (χ0n) is 8.99. The van der Waals surface area contributed by atoms with Crippen molar-refractivity contribution in [2.45, 2.75) is 27.3 Å². The van der Waals surface area contributed by atoms with Crippen LogP contribution < -0.4 is 0 Å². The summed E-state index contributed by atoms with van der Waals surface area (Å²) in [6.45, 7) is 7.52. The molecule has 0 aliphatic carbocycles. The lowest BCUT2D eigenvalue weighted by Crippen LogP contribution is -2.05. The van der Waals surface area contributed by atoms with E-state index in [-0.39, 0.29) is 0 Å². The summed E-state index contributed by atoms with van der Waals surface area (Å²) < 4.78 is 2.08. The highest BCUT2D eigenvalue weighted by molar-refractivity contribution is 5.79. The van der Waals surface area contributed by atoms with E-state index in [1.54, 1.807) is 0 Å². The molecule has 0 aliphatic heterocycles. The van der Waals surface area contributed by atoms with Gasteiger partial charge in [0.05, 0.1) is 11.7 Å². The van der Waals surface area contributed by atoms with Crippen molar-refractivity contribution >= 4 is 10.9 Å². The van der Waals surface area contributed by atoms with Gasteiger partial charge in [0.1, 0.15) is 0 Å². The number of fused-ring (bicyclic) bond motifs is 1. The van der Waals surface area contributed by atoms with Crippen molar-refractivity contribution in [3.05, 3.63) is 30.0 Å². The third-order valence-corrected chi connectivity index (χ3v) is 2.34. The van der Waals surface area contributed by atoms with Gasteiger partial charge in [-0.2, -0.15) is 5.10 Å². The molecular formula is C12H16N2. The van der Waals surface area contributed by atoms with Crippen molar-refractivity contribution in [3.8, 4) is 0 Å². The number of aryl methyl sites for hydroxylation is 1. The Labute approximate surface area is 84.5 Å². The van der Waals surface area contributed by atoms with Gasteiger partial charge in [-0.05, 0) is 25.0 Å². The summed E-state index contributed by atoms with van der Waals surface area (Å²) in [6, 6.07) is 6.47. The molecule has 1 aromatic heterocycles. The summed E-state index contributed by atoms with van der Waals surface area (Å²) in [6.07, 6.45) is 1.95. The fraction of sp³-hybridized carbons (Fsp3) is 0.417. The van der Waals surface area contributed by atoms with Crippen LogP contribution in [0.3, 0.4) is 0 Å². The van der Waals surface area contributed by atoms with E-state index >= 15 is 0 Å². The fourth-order valence-electron chi connectivity index (χ4n) is 1.70. The first kappa shape index (κ1) is 9.25. The van der Waals surface area contributed by atoms with E-state index in [0.717, 1.165) is 6.54 Å². The second-order valence-electron chi connectivity index (χ2n) is 4.28. The van der Waals surface area contributed by atoms with Crippen LogP contribution in [0.1, 0.15) is 19.4 Å². The molecule has 1 aromatic carbocycles. The number of benzene rings is 1. The molecule has 0 unspecified atom stereocenters. The Kier molecular flexibility index (Phi) is 2.28. The van der Waals surface area contributed by atoms with Gasteiger partial charge >= 0.3 is 0 Å². The van der Waals surface area contributed by atoms with Gasteiger partial charge in [0.15, 0.2) is 0 Å². The molecular weight excluding hydrogens is 172 g/mol. The second-order valence-corrected chi connectivity index (χ2v) is 4.28. The molecule has 0 spiro atoms. The summed E-state index contributed by atoms with van der Waals surface area (Å²) >= 11 is 0. The Morgan fingerprint density at radius 2 is 2.14 bits per heavy atom. The molecule has 0 fully saturated rings. The molecule has 0 radical (unpaired) electrons. The molecule has 0 amide bonds. The number of nitrogens with zero attached hydrogens (tertiary/aromatic N) is 2. The maximum absolute atomic E-state index is 4.39. The number of rotatable bonds is 2. The molecule has 2 aromatic rings. The lowest BCUT2D eigenvalue weighted by atomic mass is 10.2. The second kappa shape index (κ2) is 3.45. The van der Waals surface area contributed by atoms with Crippen LogP contribution in [0.2, 0.25) is 0 Å². The molecule has 0 aliphatic rings. The van der Waals surface area contributed by atoms with E-state index in [2.05, 4.69) is 48.8 Å². The molecule has 1 heterocycles. The normalized spacial score (nSPS) is 11.4. The summed E-state index contributed by atoms with van der Waals surface area (Å²) in [5.74, 6) is 0.638. The minimum Gasteiger partial charge on any atom is -0.265 e. The smallest absolute Gasteiger partial charge is 0.0682 e. The Bertz CT molecular complexity index is 441. The molecule has 2 nitrogen and oxygen atoms in total. The topological polar surface area (TPSA) is 17.8 Å². The van der Waals surface area contributed by atoms with Crippen molar-refractivity contribution in [2.75, 3.05) is 0 Å². The standard InChI is InChI=1S/C12H16N2/c1-9(2)8-14-12-5-4-10(3)6-11(12)7-13-14/h4-7,9H,8H2,1-3H3. The molecule has 2 heteroatoms. The molecule has 0 atom stereocenters. The first-order chi connectivity index (χ1) is 6.66. The van der Waals surface area contributed by atoms with E-state index in [4.69, 9.17) is 0 Å². The maximum Gasteiger partial charge on any atom is 0.0682 e. The highest BCUT2D eigenvalue weighted by atomic mass is 15.3. The Morgan fingerprint density at radius 3 is 2.86 bits per heavy atom. The van der Waals surface area contributed by atoms with E-state index in [1.165, 1.54) is 16.5 Å². The van der Waals surface area contributed by atoms with Gasteiger partial charge < -0.3 is 0 Å². The quantitative estimate of drug-likeness (QED) is 0.708. The van der Waals surface area contributed by atoms with Gasteiger partial charge in [-0.15, -0.1) is 0 Å². The minimum absolute atomic E-state index is 0.638. The fourth-order valence-corrected chi connectivity index (χ4v) is 1.70. The summed E-state index contributed by atoms with van der Waals surface area (Å²) in [7, 11) is 0. The molecule has 0 saturated carbocycles. The molecule has 0 bridgehead atoms. The summed E-state index contributed by atoms with van der Waals surface area (Å²) in [5.41, 5.74) is 2.53. The van der Waals surface area contributed by atoms with Crippen molar-refractivity contribution in [1.82, 2.24) is 9.78 Å². The number of hydrogen-bond donors (Lipinski definition) is 0. The molecule has 2 rings (SSSR count). The average molecular weight is 188 g/mol. The third kappa shape index (κ3) is 1.65. The summed E-state index contributed by atoms with van der Waals surface area (Å²) in [5, 5.41) is 5.63. The van der Waals surface area contributed by atoms with Crippen LogP contribution in [0.15, 0.2) is 24.4 Å².